The van der Waals surface area contributed by atoms with Crippen LogP contribution < -0.4 is 10.6 Å². The Labute approximate surface area is 216 Å². The average molecular weight is 526 g/mol. The summed E-state index contributed by atoms with van der Waals surface area (Å²) in [4.78, 5) is 17.2. The van der Waals surface area contributed by atoms with Crippen molar-refractivity contribution < 1.29 is 22.7 Å². The zero-order valence-electron chi connectivity index (χ0n) is 20.8. The average Bonchev–Trinajstić information content (AvgIpc) is 3.30. The number of aromatic nitrogens is 5. The number of amides is 1. The molecule has 0 spiro atoms. The minimum absolute atomic E-state index is 0.0381. The van der Waals surface area contributed by atoms with Gasteiger partial charge in [0.2, 0.25) is 5.91 Å². The molecule has 9 nitrogen and oxygen atoms in total. The smallest absolute Gasteiger partial charge is 0.287 e. The number of aryl methyl sites for hydroxylation is 2. The molecule has 0 radical (unpaired) electrons. The fraction of sp³-hybridized carbons (Fsp3) is 0.385. The lowest BCUT2D eigenvalue weighted by molar-refractivity contribution is -0.117. The predicted octanol–water partition coefficient (Wildman–Crippen LogP) is 3.44. The number of hydrogen-bond donors (Lipinski definition) is 2. The van der Waals surface area contributed by atoms with Crippen LogP contribution in [-0.4, -0.2) is 55.4 Å². The maximum Gasteiger partial charge on any atom is 0.287 e. The van der Waals surface area contributed by atoms with E-state index in [2.05, 4.69) is 25.8 Å². The molecule has 4 aromatic rings. The van der Waals surface area contributed by atoms with E-state index in [9.17, 15) is 13.6 Å². The van der Waals surface area contributed by atoms with Crippen LogP contribution in [0.5, 0.6) is 0 Å². The van der Waals surface area contributed by atoms with Crippen LogP contribution in [0.25, 0.3) is 16.8 Å². The van der Waals surface area contributed by atoms with Gasteiger partial charge in [-0.25, -0.2) is 17.7 Å². The second kappa shape index (κ2) is 9.21. The summed E-state index contributed by atoms with van der Waals surface area (Å²) in [6, 6.07) is 7.15. The molecule has 2 fully saturated rings. The summed E-state index contributed by atoms with van der Waals surface area (Å²) in [6.45, 7) is 1.42. The van der Waals surface area contributed by atoms with Crippen molar-refractivity contribution in [3.63, 3.8) is 0 Å². The lowest BCUT2D eigenvalue weighted by Gasteiger charge is -2.18. The van der Waals surface area contributed by atoms with E-state index in [1.807, 2.05) is 19.1 Å². The Morgan fingerprint density at radius 2 is 2.13 bits per heavy atom. The molecule has 12 heteroatoms. The highest BCUT2D eigenvalue weighted by molar-refractivity contribution is 5.95. The second-order valence-electron chi connectivity index (χ2n) is 9.97. The van der Waals surface area contributed by atoms with Crippen LogP contribution in [0.1, 0.15) is 29.2 Å². The Bertz CT molecular complexity index is 1520. The van der Waals surface area contributed by atoms with E-state index in [-0.39, 0.29) is 36.5 Å². The van der Waals surface area contributed by atoms with Gasteiger partial charge in [0.05, 0.1) is 36.8 Å². The first-order chi connectivity index (χ1) is 18.2. The largest absolute Gasteiger partial charge is 0.366 e. The van der Waals surface area contributed by atoms with Crippen molar-refractivity contribution >= 4 is 17.2 Å². The van der Waals surface area contributed by atoms with Crippen molar-refractivity contribution in [1.82, 2.24) is 29.7 Å². The van der Waals surface area contributed by atoms with Crippen LogP contribution >= 0.6 is 0 Å². The lowest BCUT2D eigenvalue weighted by atomic mass is 10.1. The molecule has 0 unspecified atom stereocenters. The highest BCUT2D eigenvalue weighted by Crippen LogP contribution is 2.47. The number of pyridine rings is 2. The molecule has 0 bridgehead atoms. The van der Waals surface area contributed by atoms with Gasteiger partial charge in [-0.3, -0.25) is 14.5 Å². The normalized spacial score (nSPS) is 22.2. The molecule has 2 N–H and O–H groups in total. The van der Waals surface area contributed by atoms with Crippen molar-refractivity contribution in [3.05, 3.63) is 65.5 Å². The molecule has 3 atom stereocenters. The number of fused-ring (bicyclic) bond motifs is 1. The van der Waals surface area contributed by atoms with Gasteiger partial charge in [-0.1, -0.05) is 6.07 Å². The third kappa shape index (κ3) is 4.54. The van der Waals surface area contributed by atoms with E-state index in [0.717, 1.165) is 11.3 Å². The topological polar surface area (TPSA) is 98.4 Å². The monoisotopic (exact) mass is 525 g/mol. The van der Waals surface area contributed by atoms with Crippen LogP contribution in [0.3, 0.4) is 0 Å². The molecule has 2 aliphatic rings. The van der Waals surface area contributed by atoms with Crippen molar-refractivity contribution in [2.45, 2.75) is 37.9 Å². The Kier molecular flexibility index (Phi) is 5.95. The third-order valence-electron chi connectivity index (χ3n) is 7.11. The number of rotatable bonds is 7. The van der Waals surface area contributed by atoms with Crippen molar-refractivity contribution in [1.29, 1.82) is 0 Å². The number of ether oxygens (including phenoxy) is 1. The van der Waals surface area contributed by atoms with Crippen LogP contribution in [-0.2, 0) is 23.2 Å². The van der Waals surface area contributed by atoms with E-state index in [4.69, 9.17) is 4.74 Å². The summed E-state index contributed by atoms with van der Waals surface area (Å²) in [7, 11) is 1.64. The number of carbonyl (C=O) groups excluding carboxylic acids is 1. The van der Waals surface area contributed by atoms with Crippen LogP contribution in [0.15, 0.2) is 42.9 Å². The maximum absolute atomic E-state index is 15.2. The standard InChI is InChI=1S/C26H26F3N7O2/c1-14-3-4-21(31-8-14)17-7-18(17)25(37)33-23-6-16-5-19(20(27)11-36(16)34-23)24-15(9-32-35(24)2)12-38-22-10-30-13-26(22,28)29/h3-6,8-9,11,17-18,22,30H,7,10,12-13H2,1-2H3,(H,33,34,37)/t17-,18+,22-/m1/s1. The minimum atomic E-state index is -2.97. The second-order valence-corrected chi connectivity index (χ2v) is 9.97. The summed E-state index contributed by atoms with van der Waals surface area (Å²) in [5.74, 6) is -3.53. The molecule has 0 aromatic carbocycles. The van der Waals surface area contributed by atoms with Gasteiger partial charge in [0.15, 0.2) is 11.6 Å². The zero-order valence-corrected chi connectivity index (χ0v) is 20.8. The maximum atomic E-state index is 15.2. The summed E-state index contributed by atoms with van der Waals surface area (Å²) in [5.41, 5.74) is 3.61. The fourth-order valence-electron chi connectivity index (χ4n) is 4.93. The summed E-state index contributed by atoms with van der Waals surface area (Å²) >= 11 is 0. The van der Waals surface area contributed by atoms with Crippen LogP contribution in [0, 0.1) is 18.7 Å². The lowest BCUT2D eigenvalue weighted by Crippen LogP contribution is -2.33. The number of alkyl halides is 2. The quantitative estimate of drug-likeness (QED) is 0.384. The van der Waals surface area contributed by atoms with Gasteiger partial charge < -0.3 is 15.4 Å². The highest BCUT2D eigenvalue weighted by atomic mass is 19.3. The molecule has 1 aliphatic heterocycles. The van der Waals surface area contributed by atoms with E-state index in [1.165, 1.54) is 21.6 Å². The third-order valence-corrected chi connectivity index (χ3v) is 7.11. The number of carbonyl (C=O) groups is 1. The molecule has 1 aliphatic carbocycles. The van der Waals surface area contributed by atoms with E-state index < -0.39 is 24.4 Å². The number of nitrogens with zero attached hydrogens (tertiary/aromatic N) is 5. The van der Waals surface area contributed by atoms with Gasteiger partial charge in [0, 0.05) is 54.5 Å². The van der Waals surface area contributed by atoms with Crippen molar-refractivity contribution in [2.24, 2.45) is 13.0 Å². The number of anilines is 1. The Balaban J connectivity index is 1.19. The molecule has 198 valence electrons. The van der Waals surface area contributed by atoms with E-state index in [0.29, 0.717) is 29.0 Å². The molecule has 1 saturated heterocycles. The van der Waals surface area contributed by atoms with Gasteiger partial charge in [0.1, 0.15) is 6.10 Å². The molecular formula is C26H26F3N7O2. The van der Waals surface area contributed by atoms with Gasteiger partial charge in [-0.2, -0.15) is 5.10 Å². The first-order valence-corrected chi connectivity index (χ1v) is 12.3. The first kappa shape index (κ1) is 24.6. The Hall–Kier alpha value is -3.77. The molecule has 1 amide bonds. The summed E-state index contributed by atoms with van der Waals surface area (Å²) in [5, 5.41) is 13.9. The SMILES string of the molecule is Cc1ccc([C@@H]2C[C@@H]2C(=O)Nc2cc3cc(-c4c(CO[C@@H]5CNCC5(F)F)cnn4C)c(F)cn3n2)nc1. The molecular weight excluding hydrogens is 499 g/mol. The molecule has 4 aromatic heterocycles. The first-order valence-electron chi connectivity index (χ1n) is 12.3. The van der Waals surface area contributed by atoms with Gasteiger partial charge >= 0.3 is 0 Å². The Morgan fingerprint density at radius 3 is 2.87 bits per heavy atom. The van der Waals surface area contributed by atoms with E-state index >= 15 is 4.39 Å². The fourth-order valence-corrected chi connectivity index (χ4v) is 4.93. The van der Waals surface area contributed by atoms with Crippen molar-refractivity contribution in [2.75, 3.05) is 18.4 Å². The number of hydrogen-bond acceptors (Lipinski definition) is 6. The number of halogens is 3. The molecule has 5 heterocycles. The van der Waals surface area contributed by atoms with Gasteiger partial charge in [0.25, 0.3) is 5.92 Å². The van der Waals surface area contributed by atoms with Gasteiger partial charge in [-0.15, -0.1) is 5.10 Å². The summed E-state index contributed by atoms with van der Waals surface area (Å²) < 4.78 is 51.4. The molecule has 6 rings (SSSR count). The zero-order chi connectivity index (χ0) is 26.6. The molecule has 38 heavy (non-hydrogen) atoms. The predicted molar refractivity (Wildman–Crippen MR) is 132 cm³/mol. The van der Waals surface area contributed by atoms with Crippen molar-refractivity contribution in [3.8, 4) is 11.3 Å². The minimum Gasteiger partial charge on any atom is -0.366 e. The van der Waals surface area contributed by atoms with Gasteiger partial charge in [-0.05, 0) is 31.0 Å². The van der Waals surface area contributed by atoms with Crippen LogP contribution in [0.4, 0.5) is 19.0 Å². The summed E-state index contributed by atoms with van der Waals surface area (Å²) in [6.07, 6.45) is 3.93. The molecule has 1 saturated carbocycles. The highest BCUT2D eigenvalue weighted by Gasteiger charge is 2.46. The van der Waals surface area contributed by atoms with E-state index in [1.54, 1.807) is 25.4 Å². The van der Waals surface area contributed by atoms with Crippen LogP contribution in [0.2, 0.25) is 0 Å². The Morgan fingerprint density at radius 1 is 1.29 bits per heavy atom. The number of nitrogens with one attached hydrogen (secondary N) is 2.